The smallest absolute Gasteiger partial charge is 0.415 e. The molecule has 3 rings (SSSR count). The molecule has 0 fully saturated rings. The maximum Gasteiger partial charge on any atom is 0.415 e. The molecule has 2 N–H and O–H groups in total. The first-order valence-corrected chi connectivity index (χ1v) is 8.69. The van der Waals surface area contributed by atoms with E-state index >= 15 is 0 Å². The average molecular weight is 381 g/mol. The van der Waals surface area contributed by atoms with Crippen molar-refractivity contribution in [1.82, 2.24) is 4.90 Å². The topological polar surface area (TPSA) is 112 Å². The van der Waals surface area contributed by atoms with Crippen molar-refractivity contribution in [2.75, 3.05) is 0 Å². The summed E-state index contributed by atoms with van der Waals surface area (Å²) in [5.74, 6) is -3.11. The highest BCUT2D eigenvalue weighted by molar-refractivity contribution is 6.35. The zero-order chi connectivity index (χ0) is 20.8. The SMILES string of the molecule is CC(=O)N(C(=O)O)C1(c2ccc(C(C)C)cc2O)C(=O)c2ccccc2C1=O. The number of amides is 2. The van der Waals surface area contributed by atoms with Gasteiger partial charge in [0.05, 0.1) is 0 Å². The molecule has 0 saturated carbocycles. The van der Waals surface area contributed by atoms with Gasteiger partial charge in [0.25, 0.3) is 0 Å². The maximum atomic E-state index is 13.4. The van der Waals surface area contributed by atoms with E-state index in [1.54, 1.807) is 18.2 Å². The third-order valence-electron chi connectivity index (χ3n) is 4.99. The van der Waals surface area contributed by atoms with Crippen LogP contribution < -0.4 is 0 Å². The van der Waals surface area contributed by atoms with Crippen LogP contribution in [0.4, 0.5) is 4.79 Å². The molecule has 1 aliphatic carbocycles. The number of ketones is 2. The Balaban J connectivity index is 2.39. The summed E-state index contributed by atoms with van der Waals surface area (Å²) >= 11 is 0. The number of aromatic hydroxyl groups is 1. The molecule has 2 amide bonds. The number of hydrogen-bond acceptors (Lipinski definition) is 5. The quantitative estimate of drug-likeness (QED) is 0.789. The minimum atomic E-state index is -2.50. The van der Waals surface area contributed by atoms with E-state index in [4.69, 9.17) is 0 Å². The van der Waals surface area contributed by atoms with Crippen molar-refractivity contribution >= 4 is 23.6 Å². The predicted octanol–water partition coefficient (Wildman–Crippen LogP) is 3.32. The van der Waals surface area contributed by atoms with Crippen LogP contribution in [-0.2, 0) is 10.3 Å². The van der Waals surface area contributed by atoms with Crippen LogP contribution >= 0.6 is 0 Å². The van der Waals surface area contributed by atoms with Crippen LogP contribution in [0.25, 0.3) is 0 Å². The Morgan fingerprint density at radius 1 is 1.00 bits per heavy atom. The number of fused-ring (bicyclic) bond motifs is 1. The molecule has 0 bridgehead atoms. The largest absolute Gasteiger partial charge is 0.508 e. The highest BCUT2D eigenvalue weighted by atomic mass is 16.4. The minimum absolute atomic E-state index is 0.00679. The van der Waals surface area contributed by atoms with Crippen LogP contribution in [0, 0.1) is 0 Å². The first-order valence-electron chi connectivity index (χ1n) is 8.69. The zero-order valence-corrected chi connectivity index (χ0v) is 15.6. The molecule has 0 spiro atoms. The standard InChI is InChI=1S/C21H19NO6/c1-11(2)13-8-9-16(17(24)10-13)21(22(12(3)23)20(27)28)18(25)14-6-4-5-7-15(14)19(21)26/h4-11,24H,1-3H3,(H,27,28). The number of imide groups is 1. The fraction of sp³-hybridized carbons (Fsp3) is 0.238. The summed E-state index contributed by atoms with van der Waals surface area (Å²) in [6.07, 6.45) is -1.76. The third-order valence-corrected chi connectivity index (χ3v) is 4.99. The average Bonchev–Trinajstić information content (AvgIpc) is 2.84. The van der Waals surface area contributed by atoms with Gasteiger partial charge in [-0.1, -0.05) is 50.2 Å². The number of hydrogen-bond donors (Lipinski definition) is 2. The van der Waals surface area contributed by atoms with Gasteiger partial charge in [-0.2, -0.15) is 0 Å². The van der Waals surface area contributed by atoms with Crippen molar-refractivity contribution in [2.45, 2.75) is 32.2 Å². The Morgan fingerprint density at radius 3 is 1.93 bits per heavy atom. The van der Waals surface area contributed by atoms with E-state index in [0.29, 0.717) is 0 Å². The van der Waals surface area contributed by atoms with Gasteiger partial charge >= 0.3 is 6.09 Å². The summed E-state index contributed by atoms with van der Waals surface area (Å²) in [5, 5.41) is 20.4. The summed E-state index contributed by atoms with van der Waals surface area (Å²) < 4.78 is 0. The second-order valence-corrected chi connectivity index (χ2v) is 6.98. The Kier molecular flexibility index (Phi) is 4.54. The van der Waals surface area contributed by atoms with E-state index in [-0.39, 0.29) is 27.5 Å². The van der Waals surface area contributed by atoms with E-state index in [2.05, 4.69) is 0 Å². The first-order chi connectivity index (χ1) is 13.1. The van der Waals surface area contributed by atoms with Crippen LogP contribution in [-0.4, -0.2) is 38.7 Å². The highest BCUT2D eigenvalue weighted by Gasteiger charge is 2.62. The molecule has 28 heavy (non-hydrogen) atoms. The van der Waals surface area contributed by atoms with Gasteiger partial charge in [0.1, 0.15) is 5.75 Å². The minimum Gasteiger partial charge on any atom is -0.508 e. The molecular formula is C21H19NO6. The molecule has 7 nitrogen and oxygen atoms in total. The van der Waals surface area contributed by atoms with Crippen molar-refractivity contribution in [3.05, 3.63) is 64.7 Å². The number of rotatable bonds is 3. The second-order valence-electron chi connectivity index (χ2n) is 6.98. The lowest BCUT2D eigenvalue weighted by molar-refractivity contribution is -0.130. The number of phenols is 1. The van der Waals surface area contributed by atoms with Gasteiger partial charge in [-0.25, -0.2) is 9.69 Å². The molecule has 144 valence electrons. The number of nitrogens with zero attached hydrogens (tertiary/aromatic N) is 1. The van der Waals surface area contributed by atoms with Gasteiger partial charge in [0.2, 0.25) is 23.0 Å². The number of benzene rings is 2. The maximum absolute atomic E-state index is 13.4. The number of Topliss-reactive ketones (excluding diaryl/α,β-unsaturated/α-hetero) is 2. The van der Waals surface area contributed by atoms with Gasteiger partial charge < -0.3 is 10.2 Å². The van der Waals surface area contributed by atoms with Crippen molar-refractivity contribution < 1.29 is 29.4 Å². The predicted molar refractivity (Wildman–Crippen MR) is 99.5 cm³/mol. The van der Waals surface area contributed by atoms with Gasteiger partial charge in [-0.05, 0) is 17.5 Å². The monoisotopic (exact) mass is 381 g/mol. The molecule has 0 heterocycles. The van der Waals surface area contributed by atoms with Crippen LogP contribution in [0.3, 0.4) is 0 Å². The molecule has 0 unspecified atom stereocenters. The number of carbonyl (C=O) groups is 4. The summed E-state index contributed by atoms with van der Waals surface area (Å²) in [6, 6.07) is 10.2. The molecule has 0 aromatic heterocycles. The van der Waals surface area contributed by atoms with Gasteiger partial charge in [0.15, 0.2) is 0 Å². The van der Waals surface area contributed by atoms with Crippen LogP contribution in [0.15, 0.2) is 42.5 Å². The van der Waals surface area contributed by atoms with Crippen LogP contribution in [0.2, 0.25) is 0 Å². The van der Waals surface area contributed by atoms with E-state index in [9.17, 15) is 29.4 Å². The van der Waals surface area contributed by atoms with Crippen molar-refractivity contribution in [3.63, 3.8) is 0 Å². The lowest BCUT2D eigenvalue weighted by Gasteiger charge is -2.35. The molecule has 2 aromatic rings. The summed E-state index contributed by atoms with van der Waals surface area (Å²) in [4.78, 5) is 51.1. The third kappa shape index (κ3) is 2.51. The number of carbonyl (C=O) groups excluding carboxylic acids is 3. The Bertz CT molecular complexity index is 974. The van der Waals surface area contributed by atoms with E-state index in [1.165, 1.54) is 24.3 Å². The van der Waals surface area contributed by atoms with Crippen molar-refractivity contribution in [1.29, 1.82) is 0 Å². The van der Waals surface area contributed by atoms with Gasteiger partial charge in [-0.3, -0.25) is 14.4 Å². The molecular weight excluding hydrogens is 362 g/mol. The molecule has 0 radical (unpaired) electrons. The molecule has 0 atom stereocenters. The van der Waals surface area contributed by atoms with Crippen molar-refractivity contribution in [3.8, 4) is 5.75 Å². The van der Waals surface area contributed by atoms with Crippen LogP contribution in [0.1, 0.15) is 58.5 Å². The Morgan fingerprint density at radius 2 is 1.54 bits per heavy atom. The van der Waals surface area contributed by atoms with E-state index in [0.717, 1.165) is 12.5 Å². The lowest BCUT2D eigenvalue weighted by atomic mass is 9.81. The summed E-state index contributed by atoms with van der Waals surface area (Å²) in [6.45, 7) is 4.75. The fourth-order valence-electron chi connectivity index (χ4n) is 3.67. The van der Waals surface area contributed by atoms with Crippen LogP contribution in [0.5, 0.6) is 5.75 Å². The Labute approximate surface area is 161 Å². The molecule has 2 aromatic carbocycles. The second kappa shape index (κ2) is 6.60. The van der Waals surface area contributed by atoms with E-state index in [1.807, 2.05) is 13.8 Å². The van der Waals surface area contributed by atoms with Crippen molar-refractivity contribution in [2.24, 2.45) is 0 Å². The van der Waals surface area contributed by atoms with Gasteiger partial charge in [0, 0.05) is 23.6 Å². The fourth-order valence-corrected chi connectivity index (χ4v) is 3.67. The number of phenolic OH excluding ortho intramolecular Hbond substituents is 1. The Hall–Kier alpha value is -3.48. The molecule has 1 aliphatic rings. The first kappa shape index (κ1) is 19.3. The molecule has 0 saturated heterocycles. The van der Waals surface area contributed by atoms with E-state index < -0.39 is 34.9 Å². The lowest BCUT2D eigenvalue weighted by Crippen LogP contribution is -2.58. The summed E-state index contributed by atoms with van der Waals surface area (Å²) in [5.41, 5.74) is -1.99. The highest BCUT2D eigenvalue weighted by Crippen LogP contribution is 2.46. The number of carboxylic acid groups (broad SMARTS) is 1. The zero-order valence-electron chi connectivity index (χ0n) is 15.6. The molecule has 0 aliphatic heterocycles. The van der Waals surface area contributed by atoms with Gasteiger partial charge in [-0.15, -0.1) is 0 Å². The normalized spacial score (nSPS) is 14.9. The molecule has 7 heteroatoms. The summed E-state index contributed by atoms with van der Waals surface area (Å²) in [7, 11) is 0.